The topological polar surface area (TPSA) is 64.7 Å². The lowest BCUT2D eigenvalue weighted by Gasteiger charge is -2.08. The Labute approximate surface area is 268 Å². The summed E-state index contributed by atoms with van der Waals surface area (Å²) in [6.07, 6.45) is 0. The molecule has 9 aromatic rings. The molecule has 6 heteroatoms. The molecule has 216 valence electrons. The monoisotopic (exact) mass is 608 g/mol. The Morgan fingerprint density at radius 3 is 1.48 bits per heavy atom. The summed E-state index contributed by atoms with van der Waals surface area (Å²) in [6, 6.07) is 49.5. The summed E-state index contributed by atoms with van der Waals surface area (Å²) in [6.45, 7) is 0. The molecule has 3 heterocycles. The highest BCUT2D eigenvalue weighted by Gasteiger charge is 2.15. The van der Waals surface area contributed by atoms with Crippen molar-refractivity contribution in [3.63, 3.8) is 0 Å². The van der Waals surface area contributed by atoms with Crippen molar-refractivity contribution < 1.29 is 4.42 Å². The molecule has 0 spiro atoms. The van der Waals surface area contributed by atoms with Gasteiger partial charge in [0.2, 0.25) is 5.89 Å². The summed E-state index contributed by atoms with van der Waals surface area (Å²) >= 11 is 1.79. The summed E-state index contributed by atoms with van der Waals surface area (Å²) in [5.41, 5.74) is 7.64. The quantitative estimate of drug-likeness (QED) is 0.194. The molecule has 0 unspecified atom stereocenters. The maximum atomic E-state index is 6.18. The van der Waals surface area contributed by atoms with Gasteiger partial charge in [-0.25, -0.2) is 19.9 Å². The zero-order valence-corrected chi connectivity index (χ0v) is 25.3. The lowest BCUT2D eigenvalue weighted by molar-refractivity contribution is 0.620. The Bertz CT molecular complexity index is 2470. The van der Waals surface area contributed by atoms with Crippen molar-refractivity contribution in [3.8, 4) is 56.7 Å². The van der Waals surface area contributed by atoms with Crippen LogP contribution in [0.2, 0.25) is 0 Å². The SMILES string of the molecule is c1ccc(-c2nc(-c3ccccc3)nc(-c3ccc4sc5ccc(-c6ccc7nc(-c8ccccc8)oc7c6)cc5c4c3)n2)cc1. The van der Waals surface area contributed by atoms with Gasteiger partial charge in [0.25, 0.3) is 0 Å². The van der Waals surface area contributed by atoms with E-state index in [0.29, 0.717) is 23.4 Å². The van der Waals surface area contributed by atoms with Gasteiger partial charge in [-0.2, -0.15) is 0 Å². The van der Waals surface area contributed by atoms with Crippen LogP contribution in [0.3, 0.4) is 0 Å². The molecule has 0 aliphatic carbocycles. The smallest absolute Gasteiger partial charge is 0.227 e. The second kappa shape index (κ2) is 10.9. The van der Waals surface area contributed by atoms with Gasteiger partial charge in [0.05, 0.1) is 0 Å². The van der Waals surface area contributed by atoms with Crippen molar-refractivity contribution in [1.82, 2.24) is 19.9 Å². The molecule has 46 heavy (non-hydrogen) atoms. The van der Waals surface area contributed by atoms with Crippen molar-refractivity contribution in [2.24, 2.45) is 0 Å². The van der Waals surface area contributed by atoms with Crippen molar-refractivity contribution >= 4 is 42.6 Å². The molecule has 0 atom stereocenters. The van der Waals surface area contributed by atoms with Crippen molar-refractivity contribution in [2.75, 3.05) is 0 Å². The van der Waals surface area contributed by atoms with Gasteiger partial charge in [-0.1, -0.05) is 91.0 Å². The molecule has 0 bridgehead atoms. The highest BCUT2D eigenvalue weighted by molar-refractivity contribution is 7.25. The lowest BCUT2D eigenvalue weighted by atomic mass is 10.0. The molecule has 5 nitrogen and oxygen atoms in total. The second-order valence-corrected chi connectivity index (χ2v) is 12.2. The highest BCUT2D eigenvalue weighted by Crippen LogP contribution is 2.39. The van der Waals surface area contributed by atoms with Gasteiger partial charge in [-0.3, -0.25) is 0 Å². The number of thiophene rings is 1. The first-order valence-corrected chi connectivity index (χ1v) is 15.9. The second-order valence-electron chi connectivity index (χ2n) is 11.1. The summed E-state index contributed by atoms with van der Waals surface area (Å²) in [5, 5.41) is 2.37. The van der Waals surface area contributed by atoms with E-state index in [1.54, 1.807) is 11.3 Å². The molecule has 0 aliphatic heterocycles. The van der Waals surface area contributed by atoms with Crippen LogP contribution in [0.25, 0.3) is 88.0 Å². The third-order valence-electron chi connectivity index (χ3n) is 8.17. The summed E-state index contributed by atoms with van der Waals surface area (Å²) in [4.78, 5) is 19.5. The molecule has 0 fully saturated rings. The molecular formula is C40H24N4OS. The van der Waals surface area contributed by atoms with E-state index in [1.165, 1.54) is 20.2 Å². The van der Waals surface area contributed by atoms with E-state index in [-0.39, 0.29) is 0 Å². The fourth-order valence-electron chi connectivity index (χ4n) is 5.84. The van der Waals surface area contributed by atoms with Crippen LogP contribution in [0.4, 0.5) is 0 Å². The molecule has 0 radical (unpaired) electrons. The summed E-state index contributed by atoms with van der Waals surface area (Å²) < 4.78 is 8.63. The molecule has 0 saturated carbocycles. The van der Waals surface area contributed by atoms with Crippen LogP contribution in [0.15, 0.2) is 150 Å². The van der Waals surface area contributed by atoms with E-state index < -0.39 is 0 Å². The molecule has 0 saturated heterocycles. The predicted octanol–water partition coefficient (Wildman–Crippen LogP) is 10.7. The molecule has 0 amide bonds. The van der Waals surface area contributed by atoms with Crippen molar-refractivity contribution in [2.45, 2.75) is 0 Å². The molecule has 0 aliphatic rings. The van der Waals surface area contributed by atoms with Gasteiger partial charge in [0.1, 0.15) is 5.52 Å². The number of benzene rings is 6. The van der Waals surface area contributed by atoms with Gasteiger partial charge in [-0.05, 0) is 65.7 Å². The van der Waals surface area contributed by atoms with Crippen LogP contribution in [0.1, 0.15) is 0 Å². The fourth-order valence-corrected chi connectivity index (χ4v) is 6.91. The van der Waals surface area contributed by atoms with Crippen LogP contribution >= 0.6 is 11.3 Å². The molecule has 0 N–H and O–H groups in total. The maximum absolute atomic E-state index is 6.18. The minimum Gasteiger partial charge on any atom is -0.436 e. The van der Waals surface area contributed by atoms with Crippen molar-refractivity contribution in [1.29, 1.82) is 0 Å². The van der Waals surface area contributed by atoms with E-state index in [4.69, 9.17) is 24.4 Å². The Morgan fingerprint density at radius 2 is 0.870 bits per heavy atom. The minimum atomic E-state index is 0.628. The average molecular weight is 609 g/mol. The molecule has 9 rings (SSSR count). The van der Waals surface area contributed by atoms with Gasteiger partial charge < -0.3 is 4.42 Å². The number of rotatable bonds is 5. The van der Waals surface area contributed by atoms with Crippen LogP contribution in [-0.2, 0) is 0 Å². The first-order chi connectivity index (χ1) is 22.7. The third kappa shape index (κ3) is 4.72. The largest absolute Gasteiger partial charge is 0.436 e. The standard InChI is InChI=1S/C40H24N4OS/c1-4-10-25(11-5-1)37-42-38(26-12-6-2-7-13-26)44-39(43-37)30-18-21-36-32(23-30)31-22-28(17-20-35(31)46-36)29-16-19-33-34(24-29)45-40(41-33)27-14-8-3-9-15-27/h1-24H. The van der Waals surface area contributed by atoms with E-state index in [9.17, 15) is 0 Å². The number of hydrogen-bond acceptors (Lipinski definition) is 6. The van der Waals surface area contributed by atoms with Crippen molar-refractivity contribution in [3.05, 3.63) is 146 Å². The Morgan fingerprint density at radius 1 is 0.391 bits per heavy atom. The van der Waals surface area contributed by atoms with Gasteiger partial charge in [0.15, 0.2) is 23.1 Å². The number of hydrogen-bond donors (Lipinski definition) is 0. The first-order valence-electron chi connectivity index (χ1n) is 15.1. The normalized spacial score (nSPS) is 11.5. The summed E-state index contributed by atoms with van der Waals surface area (Å²) in [5.74, 6) is 2.58. The zero-order chi connectivity index (χ0) is 30.5. The highest BCUT2D eigenvalue weighted by atomic mass is 32.1. The third-order valence-corrected chi connectivity index (χ3v) is 9.32. The van der Waals surface area contributed by atoms with E-state index in [2.05, 4.69) is 48.5 Å². The number of fused-ring (bicyclic) bond motifs is 4. The fraction of sp³-hybridized carbons (Fsp3) is 0. The number of oxazole rings is 1. The lowest BCUT2D eigenvalue weighted by Crippen LogP contribution is -2.00. The Hall–Kier alpha value is -5.98. The molecular weight excluding hydrogens is 585 g/mol. The van der Waals surface area contributed by atoms with E-state index >= 15 is 0 Å². The number of nitrogens with zero attached hydrogens (tertiary/aromatic N) is 4. The summed E-state index contributed by atoms with van der Waals surface area (Å²) in [7, 11) is 0. The predicted molar refractivity (Wildman–Crippen MR) is 187 cm³/mol. The minimum absolute atomic E-state index is 0.628. The van der Waals surface area contributed by atoms with E-state index in [0.717, 1.165) is 44.5 Å². The first kappa shape index (κ1) is 26.4. The van der Waals surface area contributed by atoms with Crippen LogP contribution in [-0.4, -0.2) is 19.9 Å². The Balaban J connectivity index is 1.15. The van der Waals surface area contributed by atoms with Gasteiger partial charge in [-0.15, -0.1) is 11.3 Å². The van der Waals surface area contributed by atoms with E-state index in [1.807, 2.05) is 97.1 Å². The average Bonchev–Trinajstić information content (AvgIpc) is 3.73. The zero-order valence-electron chi connectivity index (χ0n) is 24.5. The van der Waals surface area contributed by atoms with Crippen LogP contribution < -0.4 is 0 Å². The van der Waals surface area contributed by atoms with Crippen LogP contribution in [0.5, 0.6) is 0 Å². The Kier molecular flexibility index (Phi) is 6.25. The molecule has 3 aromatic heterocycles. The molecule has 6 aromatic carbocycles. The number of aromatic nitrogens is 4. The van der Waals surface area contributed by atoms with Crippen LogP contribution in [0, 0.1) is 0 Å². The maximum Gasteiger partial charge on any atom is 0.227 e. The van der Waals surface area contributed by atoms with Gasteiger partial charge in [0, 0.05) is 42.4 Å². The van der Waals surface area contributed by atoms with Gasteiger partial charge >= 0.3 is 0 Å².